The van der Waals surface area contributed by atoms with Crippen molar-refractivity contribution in [1.82, 2.24) is 10.2 Å². The van der Waals surface area contributed by atoms with Gasteiger partial charge in [-0.1, -0.05) is 15.9 Å². The smallest absolute Gasteiger partial charge is 0.249 e. The zero-order valence-corrected chi connectivity index (χ0v) is 16.0. The molecule has 3 amide bonds. The molecule has 3 rings (SSSR count). The maximum absolute atomic E-state index is 12.7. The molecule has 1 N–H and O–H groups in total. The molecule has 1 saturated heterocycles. The van der Waals surface area contributed by atoms with Crippen LogP contribution in [-0.2, 0) is 14.4 Å². The summed E-state index contributed by atoms with van der Waals surface area (Å²) in [7, 11) is 0. The summed E-state index contributed by atoms with van der Waals surface area (Å²) in [5.41, 5.74) is 2.23. The van der Waals surface area contributed by atoms with E-state index in [2.05, 4.69) is 27.3 Å². The molecule has 1 aliphatic carbocycles. The summed E-state index contributed by atoms with van der Waals surface area (Å²) >= 11 is 4.99. The van der Waals surface area contributed by atoms with Gasteiger partial charge in [-0.15, -0.1) is 11.8 Å². The number of nitrogens with one attached hydrogen (secondary N) is 1. The van der Waals surface area contributed by atoms with Gasteiger partial charge in [-0.2, -0.15) is 0 Å². The summed E-state index contributed by atoms with van der Waals surface area (Å²) in [4.78, 5) is 38.8. The van der Waals surface area contributed by atoms with Crippen LogP contribution in [0.2, 0.25) is 0 Å². The van der Waals surface area contributed by atoms with Crippen LogP contribution in [0.1, 0.15) is 30.4 Å². The Hall–Kier alpha value is -1.34. The first-order valence-electron chi connectivity index (χ1n) is 7.91. The first-order valence-corrected chi connectivity index (χ1v) is 9.69. The number of hydrogen-bond donors (Lipinski definition) is 1. The van der Waals surface area contributed by atoms with E-state index in [9.17, 15) is 14.4 Å². The number of hydrogen-bond acceptors (Lipinski definition) is 4. The van der Waals surface area contributed by atoms with Gasteiger partial charge >= 0.3 is 0 Å². The Morgan fingerprint density at radius 1 is 1.29 bits per heavy atom. The molecule has 0 radical (unpaired) electrons. The molecule has 7 heteroatoms. The van der Waals surface area contributed by atoms with Crippen molar-refractivity contribution >= 4 is 45.4 Å². The van der Waals surface area contributed by atoms with Crippen LogP contribution in [0.4, 0.5) is 0 Å². The average molecular weight is 411 g/mol. The summed E-state index contributed by atoms with van der Waals surface area (Å²) in [6.07, 6.45) is 1.90. The standard InChI is InChI=1S/C17H19BrN2O3S/c1-9-6-14(10(2)5-12(9)18)24-8-16(22)20(11-3-4-11)13-7-15(21)19-17(13)23/h5-6,11,13H,3-4,7-8H2,1-2H3,(H,19,21,23)/t13-/m0/s1. The van der Waals surface area contributed by atoms with E-state index in [0.717, 1.165) is 33.3 Å². The van der Waals surface area contributed by atoms with Crippen molar-refractivity contribution in [1.29, 1.82) is 0 Å². The number of imide groups is 1. The molecule has 24 heavy (non-hydrogen) atoms. The SMILES string of the molecule is Cc1cc(SCC(=O)N(C2CC2)[C@H]2CC(=O)NC2=O)c(C)cc1Br. The molecule has 128 valence electrons. The number of thioether (sulfide) groups is 1. The summed E-state index contributed by atoms with van der Waals surface area (Å²) < 4.78 is 1.05. The van der Waals surface area contributed by atoms with Crippen LogP contribution in [0.3, 0.4) is 0 Å². The van der Waals surface area contributed by atoms with Crippen LogP contribution in [0, 0.1) is 13.8 Å². The topological polar surface area (TPSA) is 66.5 Å². The van der Waals surface area contributed by atoms with Crippen LogP contribution in [0.15, 0.2) is 21.5 Å². The van der Waals surface area contributed by atoms with E-state index >= 15 is 0 Å². The predicted octanol–water partition coefficient (Wildman–Crippen LogP) is 2.56. The number of benzene rings is 1. The largest absolute Gasteiger partial charge is 0.326 e. The highest BCUT2D eigenvalue weighted by molar-refractivity contribution is 9.10. The second kappa shape index (κ2) is 6.88. The second-order valence-electron chi connectivity index (χ2n) is 6.32. The van der Waals surface area contributed by atoms with Gasteiger partial charge in [-0.25, -0.2) is 0 Å². The van der Waals surface area contributed by atoms with Gasteiger partial charge in [0.15, 0.2) is 0 Å². The van der Waals surface area contributed by atoms with Gasteiger partial charge in [0.05, 0.1) is 12.2 Å². The predicted molar refractivity (Wildman–Crippen MR) is 95.8 cm³/mol. The Bertz CT molecular complexity index is 718. The quantitative estimate of drug-likeness (QED) is 0.598. The summed E-state index contributed by atoms with van der Waals surface area (Å²) in [5.74, 6) is -0.440. The lowest BCUT2D eigenvalue weighted by Gasteiger charge is -2.26. The third kappa shape index (κ3) is 3.67. The van der Waals surface area contributed by atoms with E-state index in [1.54, 1.807) is 4.90 Å². The van der Waals surface area contributed by atoms with Gasteiger partial charge < -0.3 is 4.90 Å². The molecular formula is C17H19BrN2O3S. The Morgan fingerprint density at radius 3 is 2.58 bits per heavy atom. The maximum Gasteiger partial charge on any atom is 0.249 e. The van der Waals surface area contributed by atoms with E-state index in [-0.39, 0.29) is 35.9 Å². The zero-order chi connectivity index (χ0) is 17.4. The summed E-state index contributed by atoms with van der Waals surface area (Å²) in [6.45, 7) is 4.03. The molecule has 1 aliphatic heterocycles. The number of halogens is 1. The molecule has 0 aromatic heterocycles. The number of rotatable bonds is 5. The number of nitrogens with zero attached hydrogens (tertiary/aromatic N) is 1. The van der Waals surface area contributed by atoms with Gasteiger partial charge in [0, 0.05) is 15.4 Å². The fourth-order valence-corrected chi connectivity index (χ4v) is 4.31. The third-order valence-corrected chi connectivity index (χ3v) is 6.31. The van der Waals surface area contributed by atoms with Gasteiger partial charge in [0.25, 0.3) is 0 Å². The van der Waals surface area contributed by atoms with Gasteiger partial charge in [-0.3, -0.25) is 19.7 Å². The van der Waals surface area contributed by atoms with Crippen LogP contribution < -0.4 is 5.32 Å². The lowest BCUT2D eigenvalue weighted by Crippen LogP contribution is -2.46. The van der Waals surface area contributed by atoms with E-state index in [0.29, 0.717) is 0 Å². The zero-order valence-electron chi connectivity index (χ0n) is 13.6. The first kappa shape index (κ1) is 17.5. The minimum absolute atomic E-state index is 0.0719. The molecule has 2 fully saturated rings. The number of amides is 3. The molecular weight excluding hydrogens is 392 g/mol. The molecule has 0 unspecified atom stereocenters. The van der Waals surface area contributed by atoms with Crippen molar-refractivity contribution in [3.8, 4) is 0 Å². The van der Waals surface area contributed by atoms with Crippen molar-refractivity contribution in [2.24, 2.45) is 0 Å². The van der Waals surface area contributed by atoms with E-state index in [4.69, 9.17) is 0 Å². The fraction of sp³-hybridized carbons (Fsp3) is 0.471. The number of aryl methyl sites for hydroxylation is 2. The lowest BCUT2D eigenvalue weighted by molar-refractivity contribution is -0.137. The molecule has 1 aromatic carbocycles. The monoisotopic (exact) mass is 410 g/mol. The van der Waals surface area contributed by atoms with Gasteiger partial charge in [0.1, 0.15) is 6.04 Å². The highest BCUT2D eigenvalue weighted by Crippen LogP contribution is 2.33. The fourth-order valence-electron chi connectivity index (χ4n) is 2.87. The Kier molecular flexibility index (Phi) is 5.01. The molecule has 0 bridgehead atoms. The van der Waals surface area contributed by atoms with E-state index < -0.39 is 6.04 Å². The van der Waals surface area contributed by atoms with Crippen LogP contribution in [0.25, 0.3) is 0 Å². The third-order valence-electron chi connectivity index (χ3n) is 4.32. The molecule has 1 aromatic rings. The maximum atomic E-state index is 12.7. The molecule has 1 saturated carbocycles. The minimum atomic E-state index is -0.633. The molecule has 1 atom stereocenters. The van der Waals surface area contributed by atoms with Crippen molar-refractivity contribution in [3.05, 3.63) is 27.7 Å². The van der Waals surface area contributed by atoms with Crippen LogP contribution in [-0.4, -0.2) is 40.5 Å². The summed E-state index contributed by atoms with van der Waals surface area (Å²) in [6, 6.07) is 3.58. The number of carbonyl (C=O) groups excluding carboxylic acids is 3. The number of carbonyl (C=O) groups is 3. The Labute approximate surface area is 153 Å². The molecule has 2 aliphatic rings. The van der Waals surface area contributed by atoms with E-state index in [1.807, 2.05) is 19.9 Å². The van der Waals surface area contributed by atoms with Gasteiger partial charge in [0.2, 0.25) is 17.7 Å². The average Bonchev–Trinajstić information content (AvgIpc) is 3.28. The Balaban J connectivity index is 1.70. The first-order chi connectivity index (χ1) is 11.4. The molecule has 0 spiro atoms. The van der Waals surface area contributed by atoms with Crippen molar-refractivity contribution in [2.45, 2.75) is 50.1 Å². The molecule has 1 heterocycles. The lowest BCUT2D eigenvalue weighted by atomic mass is 10.2. The van der Waals surface area contributed by atoms with Crippen molar-refractivity contribution in [3.63, 3.8) is 0 Å². The second-order valence-corrected chi connectivity index (χ2v) is 8.19. The molecule has 5 nitrogen and oxygen atoms in total. The highest BCUT2D eigenvalue weighted by Gasteiger charge is 2.44. The van der Waals surface area contributed by atoms with Crippen molar-refractivity contribution < 1.29 is 14.4 Å². The highest BCUT2D eigenvalue weighted by atomic mass is 79.9. The minimum Gasteiger partial charge on any atom is -0.326 e. The normalized spacial score (nSPS) is 20.2. The van der Waals surface area contributed by atoms with Crippen LogP contribution in [0.5, 0.6) is 0 Å². The van der Waals surface area contributed by atoms with Crippen LogP contribution >= 0.6 is 27.7 Å². The van der Waals surface area contributed by atoms with Crippen molar-refractivity contribution in [2.75, 3.05) is 5.75 Å². The Morgan fingerprint density at radius 2 is 2.00 bits per heavy atom. The summed E-state index contributed by atoms with van der Waals surface area (Å²) in [5, 5.41) is 2.30. The van der Waals surface area contributed by atoms with Gasteiger partial charge in [-0.05, 0) is 49.9 Å². The van der Waals surface area contributed by atoms with E-state index in [1.165, 1.54) is 11.8 Å².